The second-order valence-electron chi connectivity index (χ2n) is 20.0. The lowest BCUT2D eigenvalue weighted by molar-refractivity contribution is -0.130. The number of aromatic nitrogens is 3. The number of benzene rings is 2. The molecule has 9 rings (SSSR count). The van der Waals surface area contributed by atoms with E-state index in [2.05, 4.69) is 72.5 Å². The van der Waals surface area contributed by atoms with Crippen LogP contribution in [-0.4, -0.2) is 89.7 Å². The Hall–Kier alpha value is -6.77. The number of nitrogens with two attached hydrogens (primary N) is 1. The molecule has 0 radical (unpaired) electrons. The molecule has 4 fully saturated rings. The van der Waals surface area contributed by atoms with Crippen LogP contribution in [0.15, 0.2) is 79.2 Å². The second kappa shape index (κ2) is 25.1. The highest BCUT2D eigenvalue weighted by Gasteiger charge is 2.59. The minimum atomic E-state index is -0.782. The van der Waals surface area contributed by atoms with E-state index in [1.54, 1.807) is 18.2 Å². The first kappa shape index (κ1) is 59.5. The summed E-state index contributed by atoms with van der Waals surface area (Å²) in [5, 5.41) is 15.2. The van der Waals surface area contributed by atoms with E-state index >= 15 is 0 Å². The van der Waals surface area contributed by atoms with Crippen molar-refractivity contribution in [1.82, 2.24) is 30.9 Å². The lowest BCUT2D eigenvalue weighted by Crippen LogP contribution is -2.46. The van der Waals surface area contributed by atoms with Crippen molar-refractivity contribution >= 4 is 113 Å². The Morgan fingerprint density at radius 3 is 1.64 bits per heavy atom. The van der Waals surface area contributed by atoms with Crippen molar-refractivity contribution in [1.29, 1.82) is 0 Å². The van der Waals surface area contributed by atoms with E-state index in [-0.39, 0.29) is 94.7 Å². The predicted octanol–water partition coefficient (Wildman–Crippen LogP) is 9.14. The van der Waals surface area contributed by atoms with E-state index < -0.39 is 11.1 Å². The molecule has 6 N–H and O–H groups in total. The third-order valence-corrected chi connectivity index (χ3v) is 15.6. The van der Waals surface area contributed by atoms with Gasteiger partial charge in [0.2, 0.25) is 23.6 Å². The van der Waals surface area contributed by atoms with E-state index in [4.69, 9.17) is 20.2 Å². The summed E-state index contributed by atoms with van der Waals surface area (Å²) in [5.41, 5.74) is 8.64. The first-order chi connectivity index (χ1) is 36.1. The molecule has 4 aliphatic carbocycles. The molecule has 2 aromatic carbocycles. The summed E-state index contributed by atoms with van der Waals surface area (Å²) in [4.78, 5) is 97.7. The average molecular weight is 1150 g/mol. The van der Waals surface area contributed by atoms with Gasteiger partial charge in [-0.25, -0.2) is 15.0 Å². The molecule has 4 aliphatic rings. The highest BCUT2D eigenvalue weighted by Crippen LogP contribution is 2.47. The zero-order chi connectivity index (χ0) is 55.2. The van der Waals surface area contributed by atoms with Gasteiger partial charge < -0.3 is 36.5 Å². The third kappa shape index (κ3) is 14.2. The van der Waals surface area contributed by atoms with Gasteiger partial charge in [0.15, 0.2) is 27.6 Å². The van der Waals surface area contributed by atoms with Crippen molar-refractivity contribution in [2.75, 3.05) is 10.6 Å². The number of fused-ring (bicyclic) bond motifs is 2. The minimum Gasteiger partial charge on any atom is -0.490 e. The smallest absolute Gasteiger partial charge is 0.224 e. The summed E-state index contributed by atoms with van der Waals surface area (Å²) in [7, 11) is 0. The van der Waals surface area contributed by atoms with Crippen LogP contribution in [0.3, 0.4) is 0 Å². The number of carbonyl (C=O) groups excluding carboxylic acids is 7. The zero-order valence-corrected chi connectivity index (χ0v) is 46.6. The van der Waals surface area contributed by atoms with Gasteiger partial charge in [-0.3, -0.25) is 33.6 Å². The summed E-state index contributed by atoms with van der Waals surface area (Å²) in [6.45, 7) is 17.4. The molecule has 0 spiro atoms. The molecule has 4 saturated carbocycles. The van der Waals surface area contributed by atoms with Gasteiger partial charge in [-0.2, -0.15) is 0 Å². The molecule has 8 atom stereocenters. The number of pyridine rings is 2. The van der Waals surface area contributed by atoms with Crippen LogP contribution in [0.25, 0.3) is 33.2 Å². The van der Waals surface area contributed by atoms with Crippen LogP contribution in [-0.2, 0) is 28.8 Å². The molecule has 3 aromatic heterocycles. The number of aryl methyl sites for hydroxylation is 2. The number of amides is 4. The Balaban J connectivity index is 0.000000221. The van der Waals surface area contributed by atoms with E-state index in [1.807, 2.05) is 61.7 Å². The predicted molar refractivity (Wildman–Crippen MR) is 307 cm³/mol. The zero-order valence-electron chi connectivity index (χ0n) is 43.4. The van der Waals surface area contributed by atoms with E-state index in [9.17, 15) is 33.6 Å². The standard InChI is InChI=1S/C28H30N4O4S.C25H27BrN2O4.C3H6N2OS.CH4/c1-5-19-13-28(19,16(3)33)32-26(35)18-7-8-20(11-18)36-25-12-23(24-14-37-27(31-24)29-17(4)34)30-22-10-15(2)6-9-21(22)25;1-4-17-12-25(17,15(3)29)28-24(31)16-6-7-18(10-16)32-23-11-21(22(30)13-26)27-20-9-14(2)5-8-19(20)23;1-2(6)5-3(4)7;/h5-6,9-10,12,14,18-20H,1,7-8,11,13H2,2-4H3,(H,32,35)(H,29,31,34);4-5,8-9,11,16-18H,1,6-7,10,12-13H2,2-3H3,(H,28,31);1H3,(H3,4,5,6,7);1H4/t18-,19-,20-,28-;16-,17-,18-,25-;;/m00../s1. The number of halogens is 1. The molecule has 20 heteroatoms. The average Bonchev–Trinajstić information content (AvgIpc) is 3.93. The summed E-state index contributed by atoms with van der Waals surface area (Å²) < 4.78 is 12.8. The lowest BCUT2D eigenvalue weighted by atomic mass is 10.0. The van der Waals surface area contributed by atoms with Crippen molar-refractivity contribution in [2.45, 2.75) is 124 Å². The van der Waals surface area contributed by atoms with Crippen molar-refractivity contribution in [3.05, 3.63) is 96.0 Å². The number of hydrogen-bond acceptors (Lipinski definition) is 14. The van der Waals surface area contributed by atoms with Gasteiger partial charge in [0.1, 0.15) is 34.0 Å². The third-order valence-electron chi connectivity index (χ3n) is 14.3. The van der Waals surface area contributed by atoms with E-state index in [0.717, 1.165) is 40.3 Å². The lowest BCUT2D eigenvalue weighted by Gasteiger charge is -2.19. The fourth-order valence-electron chi connectivity index (χ4n) is 9.91. The van der Waals surface area contributed by atoms with Gasteiger partial charge in [0.25, 0.3) is 0 Å². The summed E-state index contributed by atoms with van der Waals surface area (Å²) in [6, 6.07) is 15.5. The number of carbonyl (C=O) groups is 7. The van der Waals surface area contributed by atoms with Crippen molar-refractivity contribution in [3.8, 4) is 22.9 Å². The van der Waals surface area contributed by atoms with Gasteiger partial charge in [0, 0.05) is 65.8 Å². The second-order valence-corrected chi connectivity index (χ2v) is 21.9. The Kier molecular flexibility index (Phi) is 19.4. The van der Waals surface area contributed by atoms with Crippen LogP contribution >= 0.6 is 39.5 Å². The number of rotatable bonds is 16. The molecule has 77 heavy (non-hydrogen) atoms. The first-order valence-electron chi connectivity index (χ1n) is 25.1. The maximum absolute atomic E-state index is 13.0. The molecule has 3 heterocycles. The van der Waals surface area contributed by atoms with Crippen LogP contribution in [0.1, 0.15) is 108 Å². The molecule has 4 amide bonds. The van der Waals surface area contributed by atoms with Gasteiger partial charge in [0.05, 0.1) is 34.3 Å². The number of nitrogens with one attached hydrogen (secondary N) is 4. The highest BCUT2D eigenvalue weighted by molar-refractivity contribution is 9.09. The van der Waals surface area contributed by atoms with Crippen LogP contribution < -0.4 is 36.5 Å². The molecule has 0 unspecified atom stereocenters. The quantitative estimate of drug-likeness (QED) is 0.0268. The SMILES string of the molecule is C.C=C[C@H]1C[C@]1(NC(=O)[C@H]1CC[C@H](Oc2cc(-c3csc(NC(C)=O)n3)nc3cc(C)ccc23)C1)C(C)=O.C=C[C@H]1C[C@]1(NC(=O)[C@H]1CC[C@H](Oc2cc(C(=O)CBr)nc3cc(C)ccc23)C1)C(C)=O.CC(=O)NC(N)=S. The fraction of sp³-hybridized carbons (Fsp3) is 0.421. The number of nitrogens with zero attached hydrogens (tertiary/aromatic N) is 3. The van der Waals surface area contributed by atoms with Gasteiger partial charge in [-0.15, -0.1) is 24.5 Å². The Morgan fingerprint density at radius 2 is 1.22 bits per heavy atom. The molecule has 0 aliphatic heterocycles. The normalized spacial score (nSPS) is 23.5. The summed E-state index contributed by atoms with van der Waals surface area (Å²) in [5.74, 6) is 0.147. The van der Waals surface area contributed by atoms with Crippen LogP contribution in [0, 0.1) is 37.5 Å². The molecule has 5 aromatic rings. The number of Topliss-reactive ketones (excluding diaryl/α,β-unsaturated/α-hetero) is 3. The number of anilines is 1. The first-order valence-corrected chi connectivity index (χ1v) is 27.5. The van der Waals surface area contributed by atoms with Crippen LogP contribution in [0.5, 0.6) is 11.5 Å². The Labute approximate surface area is 466 Å². The minimum absolute atomic E-state index is 0. The molecular weight excluding hydrogens is 1080 g/mol. The molecule has 408 valence electrons. The topological polar surface area (TPSA) is 251 Å². The number of thiazole rings is 1. The van der Waals surface area contributed by atoms with E-state index in [1.165, 1.54) is 39.0 Å². The number of ketones is 3. The summed E-state index contributed by atoms with van der Waals surface area (Å²) >= 11 is 8.87. The number of ether oxygens (including phenoxy) is 2. The van der Waals surface area contributed by atoms with Crippen molar-refractivity contribution < 1.29 is 43.0 Å². The number of hydrogen-bond donors (Lipinski definition) is 5. The molecule has 0 bridgehead atoms. The monoisotopic (exact) mass is 1150 g/mol. The Bertz CT molecular complexity index is 3150. The van der Waals surface area contributed by atoms with Crippen molar-refractivity contribution in [3.63, 3.8) is 0 Å². The van der Waals surface area contributed by atoms with Crippen molar-refractivity contribution in [2.24, 2.45) is 29.4 Å². The van der Waals surface area contributed by atoms with Gasteiger partial charge >= 0.3 is 0 Å². The van der Waals surface area contributed by atoms with Gasteiger partial charge in [-0.1, -0.05) is 47.6 Å². The number of thiocarbonyl (C=S) groups is 1. The Morgan fingerprint density at radius 1 is 0.727 bits per heavy atom. The highest BCUT2D eigenvalue weighted by atomic mass is 79.9. The van der Waals surface area contributed by atoms with Gasteiger partial charge in [-0.05, 0) is 127 Å². The molecule has 0 saturated heterocycles. The van der Waals surface area contributed by atoms with E-state index in [0.29, 0.717) is 77.8 Å². The van der Waals surface area contributed by atoms with Crippen LogP contribution in [0.4, 0.5) is 5.13 Å². The number of alkyl halides is 1. The summed E-state index contributed by atoms with van der Waals surface area (Å²) in [6.07, 6.45) is 8.45. The maximum atomic E-state index is 13.0. The largest absolute Gasteiger partial charge is 0.490 e. The molecule has 17 nitrogen and oxygen atoms in total. The van der Waals surface area contributed by atoms with Crippen LogP contribution in [0.2, 0.25) is 0 Å². The molecular formula is C57H67BrN8O9S2. The maximum Gasteiger partial charge on any atom is 0.224 e. The fourth-order valence-corrected chi connectivity index (χ4v) is 11.1.